The summed E-state index contributed by atoms with van der Waals surface area (Å²) in [5.41, 5.74) is 0.0107. The molecule has 3 nitrogen and oxygen atoms in total. The molecule has 108 valence electrons. The number of nitrogens with one attached hydrogen (secondary N) is 1. The van der Waals surface area contributed by atoms with Crippen LogP contribution in [0.1, 0.15) is 59.3 Å². The Labute approximate surface area is 113 Å². The van der Waals surface area contributed by atoms with Crippen molar-refractivity contribution in [1.29, 1.82) is 0 Å². The molecule has 1 fully saturated rings. The molecule has 18 heavy (non-hydrogen) atoms. The second-order valence-corrected chi connectivity index (χ2v) is 5.22. The molecule has 1 N–H and O–H groups in total. The molecule has 1 rings (SSSR count). The van der Waals surface area contributed by atoms with Gasteiger partial charge < -0.3 is 14.8 Å². The van der Waals surface area contributed by atoms with Crippen LogP contribution in [0.3, 0.4) is 0 Å². The van der Waals surface area contributed by atoms with Crippen LogP contribution < -0.4 is 5.32 Å². The van der Waals surface area contributed by atoms with Gasteiger partial charge in [0.1, 0.15) is 0 Å². The Morgan fingerprint density at radius 1 is 1.17 bits per heavy atom. The first kappa shape index (κ1) is 15.9. The normalized spacial score (nSPS) is 20.8. The van der Waals surface area contributed by atoms with E-state index in [-0.39, 0.29) is 5.60 Å². The van der Waals surface area contributed by atoms with Gasteiger partial charge in [0.2, 0.25) is 0 Å². The molecule has 3 heteroatoms. The highest BCUT2D eigenvalue weighted by atomic mass is 16.5. The number of likely N-dealkylation sites (N-methyl/N-ethyl adjacent to an activating group) is 1. The van der Waals surface area contributed by atoms with Crippen molar-refractivity contribution in [3.63, 3.8) is 0 Å². The van der Waals surface area contributed by atoms with Crippen molar-refractivity contribution in [1.82, 2.24) is 5.32 Å². The first-order valence-corrected chi connectivity index (χ1v) is 7.74. The standard InChI is InChI=1S/C15H31NO2/c1-4-7-8-9-14(16-5-2)15(18-6-3)10-12-17-13-11-15/h14,16H,4-13H2,1-3H3. The maximum atomic E-state index is 6.17. The van der Waals surface area contributed by atoms with E-state index in [1.807, 2.05) is 0 Å². The average molecular weight is 257 g/mol. The van der Waals surface area contributed by atoms with E-state index in [1.54, 1.807) is 0 Å². The van der Waals surface area contributed by atoms with Crippen LogP contribution in [0, 0.1) is 0 Å². The molecule has 1 aliphatic heterocycles. The van der Waals surface area contributed by atoms with Crippen molar-refractivity contribution in [2.24, 2.45) is 0 Å². The van der Waals surface area contributed by atoms with Crippen LogP contribution in [0.4, 0.5) is 0 Å². The van der Waals surface area contributed by atoms with Gasteiger partial charge in [-0.2, -0.15) is 0 Å². The molecule has 0 spiro atoms. The Kier molecular flexibility index (Phi) is 7.87. The second-order valence-electron chi connectivity index (χ2n) is 5.22. The summed E-state index contributed by atoms with van der Waals surface area (Å²) in [5, 5.41) is 3.66. The summed E-state index contributed by atoms with van der Waals surface area (Å²) in [6.45, 7) is 10.1. The fourth-order valence-electron chi connectivity index (χ4n) is 2.99. The van der Waals surface area contributed by atoms with Crippen molar-refractivity contribution < 1.29 is 9.47 Å². The SMILES string of the molecule is CCCCCC(NCC)C1(OCC)CCOCC1. The summed E-state index contributed by atoms with van der Waals surface area (Å²) in [6.07, 6.45) is 7.19. The first-order valence-electron chi connectivity index (χ1n) is 7.74. The number of rotatable bonds is 9. The number of hydrogen-bond donors (Lipinski definition) is 1. The largest absolute Gasteiger partial charge is 0.381 e. The van der Waals surface area contributed by atoms with Crippen LogP contribution >= 0.6 is 0 Å². The highest BCUT2D eigenvalue weighted by molar-refractivity contribution is 4.95. The molecule has 0 aliphatic carbocycles. The topological polar surface area (TPSA) is 30.5 Å². The quantitative estimate of drug-likeness (QED) is 0.644. The Balaban J connectivity index is 2.62. The highest BCUT2D eigenvalue weighted by Gasteiger charge is 2.40. The third-order valence-corrected chi connectivity index (χ3v) is 3.95. The zero-order valence-corrected chi connectivity index (χ0v) is 12.5. The molecule has 1 unspecified atom stereocenters. The van der Waals surface area contributed by atoms with Crippen molar-refractivity contribution in [2.75, 3.05) is 26.4 Å². The fourth-order valence-corrected chi connectivity index (χ4v) is 2.99. The van der Waals surface area contributed by atoms with E-state index in [4.69, 9.17) is 9.47 Å². The maximum Gasteiger partial charge on any atom is 0.0878 e. The van der Waals surface area contributed by atoms with E-state index in [2.05, 4.69) is 26.1 Å². The number of hydrogen-bond acceptors (Lipinski definition) is 3. The molecule has 0 radical (unpaired) electrons. The van der Waals surface area contributed by atoms with Gasteiger partial charge in [-0.15, -0.1) is 0 Å². The third kappa shape index (κ3) is 4.52. The first-order chi connectivity index (χ1) is 8.79. The van der Waals surface area contributed by atoms with Gasteiger partial charge in [-0.3, -0.25) is 0 Å². The van der Waals surface area contributed by atoms with Gasteiger partial charge in [-0.05, 0) is 19.9 Å². The van der Waals surface area contributed by atoms with Crippen molar-refractivity contribution in [3.8, 4) is 0 Å². The van der Waals surface area contributed by atoms with Crippen molar-refractivity contribution in [2.45, 2.75) is 70.9 Å². The van der Waals surface area contributed by atoms with E-state index in [0.717, 1.165) is 39.2 Å². The predicted octanol–water partition coefficient (Wildman–Crippen LogP) is 3.13. The van der Waals surface area contributed by atoms with Crippen LogP contribution in [0.25, 0.3) is 0 Å². The zero-order chi connectivity index (χ0) is 13.3. The van der Waals surface area contributed by atoms with Gasteiger partial charge >= 0.3 is 0 Å². The molecule has 1 aliphatic rings. The van der Waals surface area contributed by atoms with E-state index in [0.29, 0.717) is 6.04 Å². The zero-order valence-electron chi connectivity index (χ0n) is 12.5. The lowest BCUT2D eigenvalue weighted by molar-refractivity contribution is -0.128. The van der Waals surface area contributed by atoms with Gasteiger partial charge in [0.25, 0.3) is 0 Å². The van der Waals surface area contributed by atoms with E-state index >= 15 is 0 Å². The van der Waals surface area contributed by atoms with Gasteiger partial charge in [0, 0.05) is 38.7 Å². The molecule has 1 saturated heterocycles. The Hall–Kier alpha value is -0.120. The Morgan fingerprint density at radius 2 is 1.89 bits per heavy atom. The second kappa shape index (κ2) is 8.89. The highest BCUT2D eigenvalue weighted by Crippen LogP contribution is 2.31. The predicted molar refractivity (Wildman–Crippen MR) is 76.0 cm³/mol. The van der Waals surface area contributed by atoms with Crippen LogP contribution in [-0.4, -0.2) is 38.0 Å². The lowest BCUT2D eigenvalue weighted by Crippen LogP contribution is -2.55. The third-order valence-electron chi connectivity index (χ3n) is 3.95. The minimum atomic E-state index is 0.0107. The van der Waals surface area contributed by atoms with Crippen LogP contribution in [0.5, 0.6) is 0 Å². The van der Waals surface area contributed by atoms with E-state index in [9.17, 15) is 0 Å². The maximum absolute atomic E-state index is 6.17. The lowest BCUT2D eigenvalue weighted by Gasteiger charge is -2.43. The summed E-state index contributed by atoms with van der Waals surface area (Å²) < 4.78 is 11.7. The molecular formula is C15H31NO2. The van der Waals surface area contributed by atoms with E-state index in [1.165, 1.54) is 25.7 Å². The number of ether oxygens (including phenoxy) is 2. The molecule has 0 aromatic heterocycles. The molecule has 0 saturated carbocycles. The van der Waals surface area contributed by atoms with Crippen LogP contribution in [0.15, 0.2) is 0 Å². The Morgan fingerprint density at radius 3 is 2.44 bits per heavy atom. The lowest BCUT2D eigenvalue weighted by atomic mass is 9.83. The summed E-state index contributed by atoms with van der Waals surface area (Å²) in [5.74, 6) is 0. The molecule has 0 aromatic carbocycles. The van der Waals surface area contributed by atoms with Gasteiger partial charge in [0.15, 0.2) is 0 Å². The Bertz CT molecular complexity index is 197. The molecule has 0 amide bonds. The summed E-state index contributed by atoms with van der Waals surface area (Å²) in [7, 11) is 0. The van der Waals surface area contributed by atoms with Gasteiger partial charge in [0.05, 0.1) is 5.60 Å². The molecule has 1 atom stereocenters. The molecule has 0 bridgehead atoms. The fraction of sp³-hybridized carbons (Fsp3) is 1.00. The van der Waals surface area contributed by atoms with E-state index < -0.39 is 0 Å². The number of unbranched alkanes of at least 4 members (excludes halogenated alkanes) is 2. The van der Waals surface area contributed by atoms with Crippen LogP contribution in [0.2, 0.25) is 0 Å². The van der Waals surface area contributed by atoms with Crippen molar-refractivity contribution in [3.05, 3.63) is 0 Å². The summed E-state index contributed by atoms with van der Waals surface area (Å²) in [6, 6.07) is 0.484. The summed E-state index contributed by atoms with van der Waals surface area (Å²) >= 11 is 0. The minimum Gasteiger partial charge on any atom is -0.381 e. The average Bonchev–Trinajstić information content (AvgIpc) is 2.39. The minimum absolute atomic E-state index is 0.0107. The van der Waals surface area contributed by atoms with Gasteiger partial charge in [-0.1, -0.05) is 33.1 Å². The summed E-state index contributed by atoms with van der Waals surface area (Å²) in [4.78, 5) is 0. The smallest absolute Gasteiger partial charge is 0.0878 e. The molecular weight excluding hydrogens is 226 g/mol. The molecule has 1 heterocycles. The van der Waals surface area contributed by atoms with Crippen LogP contribution in [-0.2, 0) is 9.47 Å². The van der Waals surface area contributed by atoms with Gasteiger partial charge in [-0.25, -0.2) is 0 Å². The van der Waals surface area contributed by atoms with Crippen molar-refractivity contribution >= 4 is 0 Å². The molecule has 0 aromatic rings. The monoisotopic (exact) mass is 257 g/mol.